The highest BCUT2D eigenvalue weighted by atomic mass is 31.1. The third kappa shape index (κ3) is 2.06. The van der Waals surface area contributed by atoms with Crippen molar-refractivity contribution in [2.24, 2.45) is 0 Å². The molecule has 14 heavy (non-hydrogen) atoms. The molecule has 3 heteroatoms. The summed E-state index contributed by atoms with van der Waals surface area (Å²) in [5.74, 6) is 2.86. The van der Waals surface area contributed by atoms with Gasteiger partial charge < -0.3 is 9.80 Å². The van der Waals surface area contributed by atoms with E-state index in [4.69, 9.17) is 0 Å². The van der Waals surface area contributed by atoms with E-state index < -0.39 is 0 Å². The van der Waals surface area contributed by atoms with Crippen LogP contribution in [0, 0.1) is 30.3 Å². The molecule has 2 aliphatic rings. The molecular weight excluding hydrogens is 191 g/mol. The normalized spacial score (nSPS) is 27.4. The molecule has 2 rings (SSSR count). The summed E-state index contributed by atoms with van der Waals surface area (Å²) in [5.41, 5.74) is 1.48. The van der Waals surface area contributed by atoms with Gasteiger partial charge in [-0.1, -0.05) is 22.4 Å². The van der Waals surface area contributed by atoms with Gasteiger partial charge in [0, 0.05) is 31.7 Å². The summed E-state index contributed by atoms with van der Waals surface area (Å²) in [7, 11) is 3.34. The zero-order chi connectivity index (χ0) is 10.1. The van der Waals surface area contributed by atoms with Crippen molar-refractivity contribution >= 4 is 8.58 Å². The lowest BCUT2D eigenvalue weighted by Crippen LogP contribution is -2.22. The van der Waals surface area contributed by atoms with Gasteiger partial charge in [0.25, 0.3) is 0 Å². The van der Waals surface area contributed by atoms with Crippen LogP contribution in [0.4, 0.5) is 0 Å². The SMILES string of the molecule is C[C]1[CH][P][C](CN2[C]N(C)C=C2)[C]1C. The predicted octanol–water partition coefficient (Wildman–Crippen LogP) is 2.54. The van der Waals surface area contributed by atoms with Gasteiger partial charge in [0.15, 0.2) is 0 Å². The Bertz CT molecular complexity index is 229. The first-order valence-electron chi connectivity index (χ1n) is 4.68. The molecule has 73 valence electrons. The number of hydrogen-bond donors (Lipinski definition) is 0. The molecule has 2 nitrogen and oxygen atoms in total. The second kappa shape index (κ2) is 4.10. The van der Waals surface area contributed by atoms with Crippen molar-refractivity contribution in [3.05, 3.63) is 42.7 Å². The van der Waals surface area contributed by atoms with Crippen LogP contribution in [0.2, 0.25) is 0 Å². The first-order valence-corrected chi connectivity index (χ1v) is 5.65. The fraction of sp³-hybridized carbons (Fsp3) is 0.364. The first-order chi connectivity index (χ1) is 6.66. The Morgan fingerprint density at radius 2 is 2.14 bits per heavy atom. The summed E-state index contributed by atoms with van der Waals surface area (Å²) >= 11 is 0. The highest BCUT2D eigenvalue weighted by molar-refractivity contribution is 7.45. The predicted molar refractivity (Wildman–Crippen MR) is 59.1 cm³/mol. The lowest BCUT2D eigenvalue weighted by Gasteiger charge is -2.22. The van der Waals surface area contributed by atoms with Crippen LogP contribution in [0.1, 0.15) is 13.8 Å². The van der Waals surface area contributed by atoms with E-state index in [1.165, 1.54) is 26.1 Å². The molecule has 2 heterocycles. The molecule has 0 amide bonds. The Morgan fingerprint density at radius 1 is 1.36 bits per heavy atom. The zero-order valence-corrected chi connectivity index (χ0v) is 9.68. The van der Waals surface area contributed by atoms with E-state index in [0.717, 1.165) is 6.54 Å². The van der Waals surface area contributed by atoms with Crippen LogP contribution < -0.4 is 0 Å². The minimum Gasteiger partial charge on any atom is -0.349 e. The Hall–Kier alpha value is -0.230. The van der Waals surface area contributed by atoms with E-state index in [9.17, 15) is 0 Å². The quantitative estimate of drug-likeness (QED) is 0.639. The standard InChI is InChI=1S/C11H14N2P/c1-9-7-14-11(10(9)2)6-13-5-4-12(3)8-13/h4-5,7H,6H2,1-3H3. The number of nitrogens with zero attached hydrogens (tertiary/aromatic N) is 2. The fourth-order valence-corrected chi connectivity index (χ4v) is 2.60. The molecule has 0 aliphatic carbocycles. The summed E-state index contributed by atoms with van der Waals surface area (Å²) < 4.78 is 0. The van der Waals surface area contributed by atoms with Crippen molar-refractivity contribution in [3.8, 4) is 0 Å². The molecule has 0 aromatic carbocycles. The third-order valence-corrected chi connectivity index (χ3v) is 3.82. The molecule has 0 unspecified atom stereocenters. The van der Waals surface area contributed by atoms with Gasteiger partial charge in [-0.15, -0.1) is 0 Å². The van der Waals surface area contributed by atoms with Crippen molar-refractivity contribution in [2.75, 3.05) is 13.6 Å². The summed E-state index contributed by atoms with van der Waals surface area (Å²) in [4.78, 5) is 4.04. The topological polar surface area (TPSA) is 6.48 Å². The van der Waals surface area contributed by atoms with Crippen LogP contribution in [0.5, 0.6) is 0 Å². The Balaban J connectivity index is 1.84. The van der Waals surface area contributed by atoms with Gasteiger partial charge in [-0.25, -0.2) is 0 Å². The monoisotopic (exact) mass is 205 g/mol. The minimum absolute atomic E-state index is 0.960. The van der Waals surface area contributed by atoms with Crippen LogP contribution in [0.25, 0.3) is 0 Å². The zero-order valence-electron chi connectivity index (χ0n) is 8.78. The van der Waals surface area contributed by atoms with Crippen LogP contribution in [0.15, 0.2) is 12.4 Å². The van der Waals surface area contributed by atoms with Crippen molar-refractivity contribution in [2.45, 2.75) is 13.8 Å². The maximum Gasteiger partial charge on any atom is 0.207 e. The summed E-state index contributed by atoms with van der Waals surface area (Å²) in [6.07, 6.45) is 6.35. The van der Waals surface area contributed by atoms with Crippen LogP contribution >= 0.6 is 8.58 Å². The Morgan fingerprint density at radius 3 is 2.64 bits per heavy atom. The molecule has 7 radical (unpaired) electrons. The summed E-state index contributed by atoms with van der Waals surface area (Å²) in [6.45, 7) is 8.54. The lowest BCUT2D eigenvalue weighted by molar-refractivity contribution is 0.396. The van der Waals surface area contributed by atoms with Gasteiger partial charge in [0.2, 0.25) is 6.67 Å². The summed E-state index contributed by atoms with van der Waals surface area (Å²) in [5, 5.41) is 0. The van der Waals surface area contributed by atoms with Crippen molar-refractivity contribution < 1.29 is 0 Å². The van der Waals surface area contributed by atoms with E-state index in [2.05, 4.69) is 37.8 Å². The largest absolute Gasteiger partial charge is 0.349 e. The van der Waals surface area contributed by atoms with Gasteiger partial charge in [0.1, 0.15) is 0 Å². The average molecular weight is 205 g/mol. The third-order valence-electron chi connectivity index (χ3n) is 2.51. The lowest BCUT2D eigenvalue weighted by atomic mass is 9.95. The molecular formula is C11H14N2P. The molecule has 0 saturated carbocycles. The fourth-order valence-electron chi connectivity index (χ4n) is 1.45. The molecule has 0 N–H and O–H groups in total. The number of rotatable bonds is 2. The average Bonchev–Trinajstić information content (AvgIpc) is 2.67. The molecule has 0 aromatic heterocycles. The highest BCUT2D eigenvalue weighted by Crippen LogP contribution is 2.53. The minimum atomic E-state index is 0.960. The van der Waals surface area contributed by atoms with E-state index in [0.29, 0.717) is 0 Å². The van der Waals surface area contributed by atoms with E-state index >= 15 is 0 Å². The highest BCUT2D eigenvalue weighted by Gasteiger charge is 2.33. The second-order valence-electron chi connectivity index (χ2n) is 3.65. The molecule has 0 spiro atoms. The molecule has 0 bridgehead atoms. The van der Waals surface area contributed by atoms with Crippen LogP contribution in [-0.4, -0.2) is 23.4 Å². The molecule has 0 aromatic rings. The molecule has 0 atom stereocenters. The second-order valence-corrected chi connectivity index (χ2v) is 4.71. The van der Waals surface area contributed by atoms with Gasteiger partial charge in [-0.3, -0.25) is 0 Å². The van der Waals surface area contributed by atoms with Gasteiger partial charge >= 0.3 is 0 Å². The van der Waals surface area contributed by atoms with Gasteiger partial charge in [-0.05, 0) is 18.0 Å². The van der Waals surface area contributed by atoms with E-state index in [1.54, 1.807) is 0 Å². The van der Waals surface area contributed by atoms with Gasteiger partial charge in [0.05, 0.1) is 0 Å². The Kier molecular flexibility index (Phi) is 3.02. The van der Waals surface area contributed by atoms with Crippen molar-refractivity contribution in [3.63, 3.8) is 0 Å². The van der Waals surface area contributed by atoms with E-state index in [-0.39, 0.29) is 0 Å². The van der Waals surface area contributed by atoms with Gasteiger partial charge in [-0.2, -0.15) is 0 Å². The Labute approximate surface area is 89.1 Å². The molecule has 1 fully saturated rings. The van der Waals surface area contributed by atoms with Crippen LogP contribution in [0.3, 0.4) is 0 Å². The number of hydrogen-bond acceptors (Lipinski definition) is 2. The van der Waals surface area contributed by atoms with Crippen molar-refractivity contribution in [1.82, 2.24) is 9.80 Å². The summed E-state index contributed by atoms with van der Waals surface area (Å²) in [6, 6.07) is 0. The van der Waals surface area contributed by atoms with Crippen molar-refractivity contribution in [1.29, 1.82) is 0 Å². The smallest absolute Gasteiger partial charge is 0.207 e. The maximum absolute atomic E-state index is 3.21. The maximum atomic E-state index is 3.21. The first kappa shape index (κ1) is 10.3. The molecule has 2 aliphatic heterocycles. The molecule has 1 saturated heterocycles. The van der Waals surface area contributed by atoms with E-state index in [1.807, 2.05) is 18.1 Å². The van der Waals surface area contributed by atoms with Crippen LogP contribution in [-0.2, 0) is 0 Å².